The van der Waals surface area contributed by atoms with Crippen molar-refractivity contribution in [2.45, 2.75) is 0 Å². The van der Waals surface area contributed by atoms with E-state index in [4.69, 9.17) is 42.0 Å². The molecule has 0 N–H and O–H groups in total. The first-order valence-corrected chi connectivity index (χ1v) is 0.730. The van der Waals surface area contributed by atoms with Gasteiger partial charge in [0.25, 0.3) is 0 Å². The first kappa shape index (κ1) is 43.3. The molecule has 8 nitrogen and oxygen atoms in total. The Balaban J connectivity index is -0.00000000762. The van der Waals surface area contributed by atoms with E-state index in [1.165, 1.54) is 0 Å². The van der Waals surface area contributed by atoms with Crippen molar-refractivity contribution in [1.82, 2.24) is 0 Å². The molecule has 0 aliphatic heterocycles. The summed E-state index contributed by atoms with van der Waals surface area (Å²) in [5.74, 6) is 0. The number of nitrogens with zero attached hydrogens (tertiary/aromatic N) is 4. The van der Waals surface area contributed by atoms with Crippen molar-refractivity contribution in [3.63, 3.8) is 0 Å². The molecule has 0 aromatic carbocycles. The molecule has 0 heterocycles. The van der Waals surface area contributed by atoms with E-state index in [2.05, 4.69) is 0 Å². The smallest absolute Gasteiger partial charge is 0.577 e. The van der Waals surface area contributed by atoms with Gasteiger partial charge >= 0.3 is 19.5 Å². The van der Waals surface area contributed by atoms with Gasteiger partial charge in [-0.2, -0.15) is 0 Å². The molecule has 0 aliphatic carbocycles. The Kier molecular flexibility index (Phi) is 1290. The van der Waals surface area contributed by atoms with E-state index >= 15 is 0 Å². The van der Waals surface area contributed by atoms with Crippen molar-refractivity contribution >= 4 is 0 Å². The van der Waals surface area contributed by atoms with Gasteiger partial charge in [-0.1, -0.05) is 0 Å². The van der Waals surface area contributed by atoms with Crippen LogP contribution >= 0.6 is 0 Å². The predicted molar refractivity (Wildman–Crippen MR) is 26.9 cm³/mol. The molecule has 0 fully saturated rings. The fourth-order valence-electron chi connectivity index (χ4n) is 0. The molecular formula is N4O4Ru-2. The van der Waals surface area contributed by atoms with Gasteiger partial charge in [-0.05, 0) is 0 Å². The van der Waals surface area contributed by atoms with Crippen LogP contribution in [0.1, 0.15) is 0 Å². The second-order valence-electron chi connectivity index (χ2n) is 0. The predicted octanol–water partition coefficient (Wildman–Crippen LogP) is 1.29. The van der Waals surface area contributed by atoms with Gasteiger partial charge in [-0.25, -0.2) is 0 Å². The summed E-state index contributed by atoms with van der Waals surface area (Å²) in [4.78, 5) is 29.0. The molecule has 9 heavy (non-hydrogen) atoms. The maximum absolute atomic E-state index is 7.25. The van der Waals surface area contributed by atoms with Gasteiger partial charge in [0.1, 0.15) is 0 Å². The molecule has 0 amide bonds. The van der Waals surface area contributed by atoms with E-state index in [9.17, 15) is 0 Å². The van der Waals surface area contributed by atoms with Crippen LogP contribution in [0.4, 0.5) is 0 Å². The van der Waals surface area contributed by atoms with E-state index < -0.39 is 0 Å². The van der Waals surface area contributed by atoms with E-state index in [-0.39, 0.29) is 19.5 Å². The van der Waals surface area contributed by atoms with Gasteiger partial charge in [0, 0.05) is 0 Å². The van der Waals surface area contributed by atoms with E-state index in [1.807, 2.05) is 0 Å². The van der Waals surface area contributed by atoms with Crippen molar-refractivity contribution in [1.29, 1.82) is 0 Å². The quantitative estimate of drug-likeness (QED) is 0.564. The maximum atomic E-state index is 7.25. The van der Waals surface area contributed by atoms with E-state index in [1.54, 1.807) is 0 Å². The summed E-state index contributed by atoms with van der Waals surface area (Å²) in [7, 11) is 0. The minimum Gasteiger partial charge on any atom is -0.577 e. The third kappa shape index (κ3) is 186. The molecule has 0 aromatic heterocycles. The van der Waals surface area contributed by atoms with E-state index in [0.29, 0.717) is 0 Å². The first-order chi connectivity index (χ1) is 4.00. The van der Waals surface area contributed by atoms with Crippen LogP contribution in [-0.2, 0) is 19.5 Å². The number of hydrogen-bond acceptors (Lipinski definition) is 4. The SMILES string of the molecule is [N-]=O.[N-]=O.[N-]=O.[N-]=O.[Ru+2]. The Morgan fingerprint density at radius 1 is 0.444 bits per heavy atom. The van der Waals surface area contributed by atoms with Crippen LogP contribution in [0.2, 0.25) is 0 Å². The first-order valence-electron chi connectivity index (χ1n) is 0.730. The van der Waals surface area contributed by atoms with Crippen molar-refractivity contribution in [3.05, 3.63) is 42.0 Å². The van der Waals surface area contributed by atoms with Crippen LogP contribution in [0.15, 0.2) is 0 Å². The molecule has 0 saturated carbocycles. The largest absolute Gasteiger partial charge is 2.00 e. The molecule has 0 aromatic rings. The zero-order valence-electron chi connectivity index (χ0n) is 3.78. The maximum Gasteiger partial charge on any atom is 2.00 e. The molecular weight excluding hydrogens is 221 g/mol. The molecule has 0 radical (unpaired) electrons. The zero-order valence-corrected chi connectivity index (χ0v) is 5.51. The fourth-order valence-corrected chi connectivity index (χ4v) is 0. The molecule has 0 atom stereocenters. The Labute approximate surface area is 62.2 Å². The standard InChI is InChI=1S/4NO.Ru/c4*1-2;/q4*-1;+2. The molecule has 0 rings (SSSR count). The van der Waals surface area contributed by atoms with Crippen molar-refractivity contribution in [2.75, 3.05) is 0 Å². The van der Waals surface area contributed by atoms with Crippen molar-refractivity contribution < 1.29 is 19.5 Å². The van der Waals surface area contributed by atoms with Crippen LogP contribution in [0.3, 0.4) is 0 Å². The number of rotatable bonds is 0. The summed E-state index contributed by atoms with van der Waals surface area (Å²) >= 11 is 0. The van der Waals surface area contributed by atoms with Gasteiger partial charge in [0.2, 0.25) is 0 Å². The average Bonchev–Trinajstić information content (AvgIpc) is 2.03. The molecule has 0 aliphatic rings. The van der Waals surface area contributed by atoms with Gasteiger partial charge in [-0.15, -0.1) is 0 Å². The second kappa shape index (κ2) is 267. The summed E-state index contributed by atoms with van der Waals surface area (Å²) < 4.78 is 0. The topological polar surface area (TPSA) is 157 Å². The average molecular weight is 221 g/mol. The van der Waals surface area contributed by atoms with Gasteiger partial charge in [-0.3, -0.25) is 0 Å². The van der Waals surface area contributed by atoms with Crippen LogP contribution in [0, 0.1) is 19.6 Å². The van der Waals surface area contributed by atoms with Crippen LogP contribution < -0.4 is 0 Å². The Bertz CT molecular complexity index is 20.5. The Hall–Kier alpha value is -0.977. The second-order valence-corrected chi connectivity index (χ2v) is 0. The van der Waals surface area contributed by atoms with Crippen LogP contribution in [0.5, 0.6) is 0 Å². The molecule has 54 valence electrons. The molecule has 0 saturated heterocycles. The summed E-state index contributed by atoms with van der Waals surface area (Å²) in [6.45, 7) is 0. The molecule has 0 bridgehead atoms. The summed E-state index contributed by atoms with van der Waals surface area (Å²) in [5.41, 5.74) is 23.0. The monoisotopic (exact) mass is 222 g/mol. The summed E-state index contributed by atoms with van der Waals surface area (Å²) in [6.07, 6.45) is 0. The van der Waals surface area contributed by atoms with Gasteiger partial charge < -0.3 is 42.0 Å². The van der Waals surface area contributed by atoms with Crippen LogP contribution in [-0.4, -0.2) is 0 Å². The van der Waals surface area contributed by atoms with Crippen LogP contribution in [0.25, 0.3) is 22.4 Å². The van der Waals surface area contributed by atoms with Gasteiger partial charge in [0.15, 0.2) is 0 Å². The minimum atomic E-state index is 0. The van der Waals surface area contributed by atoms with Crippen molar-refractivity contribution in [2.24, 2.45) is 0 Å². The number of hydrogen-bond donors (Lipinski definition) is 0. The molecule has 0 unspecified atom stereocenters. The van der Waals surface area contributed by atoms with E-state index in [0.717, 1.165) is 0 Å². The minimum absolute atomic E-state index is 0. The third-order valence-electron chi connectivity index (χ3n) is 0. The fraction of sp³-hybridized carbons (Fsp3) is 0. The van der Waals surface area contributed by atoms with Gasteiger partial charge in [0.05, 0.1) is 0 Å². The zero-order chi connectivity index (χ0) is 8.00. The number of nitroso groups, excluding NO2 is 4. The molecule has 0 spiro atoms. The van der Waals surface area contributed by atoms with Crippen molar-refractivity contribution in [3.8, 4) is 0 Å². The summed E-state index contributed by atoms with van der Waals surface area (Å²) in [6, 6.07) is 0. The normalized spacial score (nSPS) is 1.78. The molecule has 9 heteroatoms. The summed E-state index contributed by atoms with van der Waals surface area (Å²) in [5, 5.41) is 0. The Morgan fingerprint density at radius 3 is 0.444 bits per heavy atom. The Morgan fingerprint density at radius 2 is 0.444 bits per heavy atom. The third-order valence-corrected chi connectivity index (χ3v) is 0.